The fourth-order valence-electron chi connectivity index (χ4n) is 7.15. The van der Waals surface area contributed by atoms with Crippen LogP contribution >= 0.6 is 0 Å². The van der Waals surface area contributed by atoms with Crippen molar-refractivity contribution in [3.8, 4) is 12.3 Å². The Labute approximate surface area is 358 Å². The van der Waals surface area contributed by atoms with Gasteiger partial charge in [-0.25, -0.2) is 0 Å². The highest BCUT2D eigenvalue weighted by molar-refractivity contribution is 5.88. The number of benzene rings is 2. The van der Waals surface area contributed by atoms with Crippen molar-refractivity contribution in [2.45, 2.75) is 219 Å². The summed E-state index contributed by atoms with van der Waals surface area (Å²) < 4.78 is 0. The fraction of sp³-hybridized carbons (Fsp3) is 0.649. The van der Waals surface area contributed by atoms with E-state index in [1.54, 1.807) is 0 Å². The molecule has 0 heteroatoms. The zero-order valence-corrected chi connectivity index (χ0v) is 41.1. The minimum atomic E-state index is 0.611. The van der Waals surface area contributed by atoms with Crippen molar-refractivity contribution in [2.75, 3.05) is 0 Å². The van der Waals surface area contributed by atoms with Gasteiger partial charge in [-0.15, -0.1) is 6.42 Å². The molecule has 1 saturated carbocycles. The third kappa shape index (κ3) is 26.8. The van der Waals surface area contributed by atoms with E-state index in [1.807, 2.05) is 13.8 Å². The molecule has 2 atom stereocenters. The Balaban J connectivity index is 0. The number of hydrogen-bond donors (Lipinski definition) is 0. The number of allylic oxidation sites excluding steroid dienone is 3. The molecule has 0 radical (unpaired) electrons. The summed E-state index contributed by atoms with van der Waals surface area (Å²) in [6.45, 7) is 39.9. The summed E-state index contributed by atoms with van der Waals surface area (Å²) in [7, 11) is 0. The van der Waals surface area contributed by atoms with Crippen LogP contribution in [0.4, 0.5) is 0 Å². The van der Waals surface area contributed by atoms with Crippen molar-refractivity contribution in [2.24, 2.45) is 23.7 Å². The largest absolute Gasteiger partial charge is 0.115 e. The maximum absolute atomic E-state index is 5.83. The van der Waals surface area contributed by atoms with Gasteiger partial charge in [-0.2, -0.15) is 0 Å². The predicted molar refractivity (Wildman–Crippen MR) is 265 cm³/mol. The lowest BCUT2D eigenvalue weighted by atomic mass is 9.86. The van der Waals surface area contributed by atoms with Crippen molar-refractivity contribution in [1.29, 1.82) is 0 Å². The van der Waals surface area contributed by atoms with Crippen molar-refractivity contribution in [1.82, 2.24) is 0 Å². The van der Waals surface area contributed by atoms with Crippen LogP contribution in [0.25, 0.3) is 17.2 Å². The summed E-state index contributed by atoms with van der Waals surface area (Å²) >= 11 is 0. The summed E-state index contributed by atoms with van der Waals surface area (Å²) in [4.78, 5) is 0. The number of terminal acetylenes is 1. The first-order valence-corrected chi connectivity index (χ1v) is 23.9. The number of aryl methyl sites for hydroxylation is 1. The molecule has 2 aromatic carbocycles. The number of unbranched alkanes of at least 4 members (excludes halogenated alkanes) is 4. The summed E-state index contributed by atoms with van der Waals surface area (Å²) in [5, 5.41) is 2.47. The summed E-state index contributed by atoms with van der Waals surface area (Å²) in [6, 6.07) is 13.5. The normalized spacial score (nSPS) is 14.7. The smallest absolute Gasteiger partial charge is 0.0248 e. The van der Waals surface area contributed by atoms with Gasteiger partial charge in [0.1, 0.15) is 0 Å². The highest BCUT2D eigenvalue weighted by atomic mass is 14.2. The van der Waals surface area contributed by atoms with Gasteiger partial charge < -0.3 is 0 Å². The molecule has 324 valence electrons. The molecule has 1 aliphatic rings. The monoisotopic (exact) mass is 781 g/mol. The fourth-order valence-corrected chi connectivity index (χ4v) is 7.15. The molecule has 57 heavy (non-hydrogen) atoms. The molecular weight excluding hydrogens is 685 g/mol. The highest BCUT2D eigenvalue weighted by Gasteiger charge is 2.14. The highest BCUT2D eigenvalue weighted by Crippen LogP contribution is 2.32. The first-order valence-electron chi connectivity index (χ1n) is 23.9. The molecule has 0 nitrogen and oxygen atoms in total. The Hall–Kier alpha value is -2.78. The molecule has 1 fully saturated rings. The average Bonchev–Trinajstić information content (AvgIpc) is 3.18. The van der Waals surface area contributed by atoms with Crippen LogP contribution in [-0.2, 0) is 0 Å². The van der Waals surface area contributed by atoms with Crippen molar-refractivity contribution < 1.29 is 0 Å². The molecule has 0 N–H and O–H groups in total. The minimum absolute atomic E-state index is 0.611. The summed E-state index contributed by atoms with van der Waals surface area (Å²) in [6.07, 6.45) is 31.8. The van der Waals surface area contributed by atoms with E-state index < -0.39 is 0 Å². The quantitative estimate of drug-likeness (QED) is 0.0904. The third-order valence-corrected chi connectivity index (χ3v) is 10.5. The number of rotatable bonds is 16. The van der Waals surface area contributed by atoms with E-state index >= 15 is 0 Å². The maximum Gasteiger partial charge on any atom is 0.0248 e. The van der Waals surface area contributed by atoms with Gasteiger partial charge in [-0.05, 0) is 133 Å². The minimum Gasteiger partial charge on any atom is -0.115 e. The van der Waals surface area contributed by atoms with Crippen LogP contribution in [0.1, 0.15) is 235 Å². The van der Waals surface area contributed by atoms with Gasteiger partial charge in [0.15, 0.2) is 0 Å². The van der Waals surface area contributed by atoms with Gasteiger partial charge in [0.2, 0.25) is 0 Å². The lowest BCUT2D eigenvalue weighted by Crippen LogP contribution is -2.27. The average molecular weight is 781 g/mol. The summed E-state index contributed by atoms with van der Waals surface area (Å²) in [5.74, 6) is 6.92. The van der Waals surface area contributed by atoms with E-state index in [4.69, 9.17) is 6.42 Å². The van der Waals surface area contributed by atoms with Crippen LogP contribution in [0.2, 0.25) is 0 Å². The molecule has 3 rings (SSSR count). The van der Waals surface area contributed by atoms with E-state index in [9.17, 15) is 0 Å². The Bertz CT molecular complexity index is 1480. The Kier molecular flexibility index (Phi) is 34.8. The maximum atomic E-state index is 5.83. The molecule has 1 unspecified atom stereocenters. The zero-order valence-electron chi connectivity index (χ0n) is 41.1. The van der Waals surface area contributed by atoms with Crippen LogP contribution in [0.15, 0.2) is 54.6 Å². The molecule has 1 aliphatic carbocycles. The van der Waals surface area contributed by atoms with E-state index in [1.165, 1.54) is 135 Å². The van der Waals surface area contributed by atoms with Gasteiger partial charge in [0.25, 0.3) is 0 Å². The molecule has 0 bridgehead atoms. The second-order valence-corrected chi connectivity index (χ2v) is 18.1. The molecule has 2 aromatic rings. The third-order valence-electron chi connectivity index (χ3n) is 10.5. The first-order chi connectivity index (χ1) is 27.1. The molecule has 0 heterocycles. The lowest BCUT2D eigenvalue weighted by molar-refractivity contribution is 0.385. The summed E-state index contributed by atoms with van der Waals surface area (Å²) in [5.41, 5.74) is 8.64. The van der Waals surface area contributed by atoms with Crippen LogP contribution in [0.3, 0.4) is 0 Å². The van der Waals surface area contributed by atoms with Crippen LogP contribution in [0.5, 0.6) is 0 Å². The Morgan fingerprint density at radius 3 is 1.89 bits per heavy atom. The molecule has 0 aliphatic heterocycles. The van der Waals surface area contributed by atoms with E-state index in [0.29, 0.717) is 5.92 Å². The molecule has 0 aromatic heterocycles. The molecule has 0 saturated heterocycles. The van der Waals surface area contributed by atoms with Crippen molar-refractivity contribution in [3.63, 3.8) is 0 Å². The van der Waals surface area contributed by atoms with Crippen molar-refractivity contribution in [3.05, 3.63) is 87.3 Å². The Morgan fingerprint density at radius 2 is 1.40 bits per heavy atom. The van der Waals surface area contributed by atoms with Crippen molar-refractivity contribution >= 4 is 17.2 Å². The Morgan fingerprint density at radius 1 is 0.807 bits per heavy atom. The standard InChI is InChI=1S/C40H56.C7H14.2C4H10.C2H6/c1-10-15-17-18-19-30(6)21-22-31(7)39-26-24-34(12-3)28-37(39)27-33(9)38(14-5)40-29-36(25-23-32(40)8)35(13-4)20-16-11-2;1-7-5-3-2-4-6-7;2*1-4(2)3;1-2/h3,14,23-30,35H,9-11,13,15-22H2,1-2,4-8H3;7H,2-6H2,1H3;2*4H,1-3H3;1-2H3/b37-27-,38-14-,39-31+;;;;/t30-,35?;;;;/m0..../s1. The number of hydrogen-bond acceptors (Lipinski definition) is 0. The van der Waals surface area contributed by atoms with Gasteiger partial charge >= 0.3 is 0 Å². The van der Waals surface area contributed by atoms with Gasteiger partial charge in [-0.1, -0.05) is 215 Å². The van der Waals surface area contributed by atoms with Gasteiger partial charge in [-0.3, -0.25) is 0 Å². The molecular formula is C57H96. The molecule has 0 amide bonds. The SMILES string of the molecule is C#Cc1ccc(=C(/C)CC[C@@H](C)CCCCCC)/c(=C\C(=C)/C(=C/C)c2cc(C(CC)CCCC)ccc2C)c1.CC.CC(C)C.CC(C)C.CC1CCCCC1. The van der Waals surface area contributed by atoms with Gasteiger partial charge in [0.05, 0.1) is 0 Å². The predicted octanol–water partition coefficient (Wildman–Crippen LogP) is 17.6. The van der Waals surface area contributed by atoms with E-state index in [0.717, 1.165) is 41.2 Å². The van der Waals surface area contributed by atoms with Crippen LogP contribution in [0, 0.1) is 42.9 Å². The van der Waals surface area contributed by atoms with Crippen LogP contribution in [-0.4, -0.2) is 0 Å². The second-order valence-electron chi connectivity index (χ2n) is 18.1. The van der Waals surface area contributed by atoms with E-state index in [-0.39, 0.29) is 0 Å². The lowest BCUT2D eigenvalue weighted by Gasteiger charge is -2.19. The van der Waals surface area contributed by atoms with Gasteiger partial charge in [0, 0.05) is 5.56 Å². The second kappa shape index (κ2) is 35.2. The molecule has 0 spiro atoms. The van der Waals surface area contributed by atoms with E-state index in [2.05, 4.69) is 158 Å². The topological polar surface area (TPSA) is 0 Å². The van der Waals surface area contributed by atoms with Crippen LogP contribution < -0.4 is 10.4 Å². The zero-order chi connectivity index (χ0) is 43.8. The first kappa shape index (κ1) is 56.3.